The monoisotopic (exact) mass is 309 g/mol. The van der Waals surface area contributed by atoms with Crippen molar-refractivity contribution in [2.24, 2.45) is 5.41 Å². The van der Waals surface area contributed by atoms with Crippen molar-refractivity contribution in [3.05, 3.63) is 0 Å². The van der Waals surface area contributed by atoms with Crippen LogP contribution in [0.3, 0.4) is 0 Å². The predicted molar refractivity (Wildman–Crippen MR) is 86.6 cm³/mol. The van der Waals surface area contributed by atoms with E-state index in [0.717, 1.165) is 58.2 Å². The summed E-state index contributed by atoms with van der Waals surface area (Å²) in [4.78, 5) is 15.1. The molecule has 3 fully saturated rings. The van der Waals surface area contributed by atoms with Gasteiger partial charge in [-0.1, -0.05) is 12.8 Å². The van der Waals surface area contributed by atoms with Gasteiger partial charge in [0.25, 0.3) is 0 Å². The summed E-state index contributed by atoms with van der Waals surface area (Å²) >= 11 is 0. The first-order chi connectivity index (χ1) is 10.7. The van der Waals surface area contributed by atoms with E-state index >= 15 is 0 Å². The predicted octanol–water partition coefficient (Wildman–Crippen LogP) is 0.872. The molecule has 5 nitrogen and oxygen atoms in total. The summed E-state index contributed by atoms with van der Waals surface area (Å²) in [6.45, 7) is 4.06. The Morgan fingerprint density at radius 3 is 2.59 bits per heavy atom. The smallest absolute Gasteiger partial charge is 0.237 e. The standard InChI is InChI=1S/C17H31N3O2/c21-13-17(7-1-2-8-17)12-19-16(22)15-4-3-11-20(15)14-5-9-18-10-6-14/h14-15,18,21H,1-13H2,(H,19,22)/t15-/m0/s1. The van der Waals surface area contributed by atoms with Crippen LogP contribution >= 0.6 is 0 Å². The number of hydrogen-bond donors (Lipinski definition) is 3. The van der Waals surface area contributed by atoms with Gasteiger partial charge in [-0.15, -0.1) is 0 Å². The van der Waals surface area contributed by atoms with Crippen LogP contribution in [0.1, 0.15) is 51.4 Å². The van der Waals surface area contributed by atoms with E-state index in [1.165, 1.54) is 12.8 Å². The van der Waals surface area contributed by atoms with Gasteiger partial charge in [0.2, 0.25) is 5.91 Å². The zero-order chi connectivity index (χ0) is 15.4. The Hall–Kier alpha value is -0.650. The number of nitrogens with zero attached hydrogens (tertiary/aromatic N) is 1. The lowest BCUT2D eigenvalue weighted by molar-refractivity contribution is -0.127. The largest absolute Gasteiger partial charge is 0.396 e. The molecule has 0 aromatic heterocycles. The highest BCUT2D eigenvalue weighted by atomic mass is 16.3. The molecule has 22 heavy (non-hydrogen) atoms. The lowest BCUT2D eigenvalue weighted by atomic mass is 9.87. The van der Waals surface area contributed by atoms with Crippen molar-refractivity contribution in [2.75, 3.05) is 32.8 Å². The van der Waals surface area contributed by atoms with Crippen LogP contribution in [-0.4, -0.2) is 60.8 Å². The summed E-state index contributed by atoms with van der Waals surface area (Å²) < 4.78 is 0. The van der Waals surface area contributed by atoms with E-state index in [0.29, 0.717) is 12.6 Å². The van der Waals surface area contributed by atoms with Crippen molar-refractivity contribution in [2.45, 2.75) is 63.5 Å². The third-order valence-corrected chi connectivity index (χ3v) is 6.01. The molecular formula is C17H31N3O2. The normalized spacial score (nSPS) is 29.8. The van der Waals surface area contributed by atoms with Crippen molar-refractivity contribution >= 4 is 5.91 Å². The summed E-state index contributed by atoms with van der Waals surface area (Å²) in [5.74, 6) is 0.191. The molecule has 0 aromatic carbocycles. The van der Waals surface area contributed by atoms with E-state index in [9.17, 15) is 9.90 Å². The fourth-order valence-electron chi connectivity index (χ4n) is 4.55. The molecular weight excluding hydrogens is 278 g/mol. The number of carbonyl (C=O) groups excluding carboxylic acids is 1. The van der Waals surface area contributed by atoms with Crippen molar-refractivity contribution in [1.82, 2.24) is 15.5 Å². The summed E-state index contributed by atoms with van der Waals surface area (Å²) in [7, 11) is 0. The van der Waals surface area contributed by atoms with Gasteiger partial charge in [0.15, 0.2) is 0 Å². The quantitative estimate of drug-likeness (QED) is 0.705. The molecule has 1 saturated carbocycles. The lowest BCUT2D eigenvalue weighted by Crippen LogP contribution is -2.52. The summed E-state index contributed by atoms with van der Waals surface area (Å²) in [6.07, 6.45) is 8.89. The Morgan fingerprint density at radius 1 is 1.18 bits per heavy atom. The van der Waals surface area contributed by atoms with Crippen molar-refractivity contribution in [3.63, 3.8) is 0 Å². The van der Waals surface area contributed by atoms with Crippen LogP contribution in [-0.2, 0) is 4.79 Å². The van der Waals surface area contributed by atoms with Crippen LogP contribution in [0.2, 0.25) is 0 Å². The van der Waals surface area contributed by atoms with Crippen LogP contribution in [0.25, 0.3) is 0 Å². The van der Waals surface area contributed by atoms with Gasteiger partial charge in [0.05, 0.1) is 12.6 Å². The summed E-state index contributed by atoms with van der Waals surface area (Å²) in [5, 5.41) is 16.3. The van der Waals surface area contributed by atoms with Crippen molar-refractivity contribution in [1.29, 1.82) is 0 Å². The molecule has 1 atom stereocenters. The lowest BCUT2D eigenvalue weighted by Gasteiger charge is -2.35. The number of hydrogen-bond acceptors (Lipinski definition) is 4. The van der Waals surface area contributed by atoms with Gasteiger partial charge in [0.1, 0.15) is 0 Å². The molecule has 1 amide bonds. The maximum absolute atomic E-state index is 12.7. The number of aliphatic hydroxyl groups is 1. The van der Waals surface area contributed by atoms with Crippen molar-refractivity contribution < 1.29 is 9.90 Å². The number of rotatable bonds is 5. The van der Waals surface area contributed by atoms with Crippen LogP contribution in [0.5, 0.6) is 0 Å². The first kappa shape index (κ1) is 16.2. The Kier molecular flexibility index (Phi) is 5.37. The Morgan fingerprint density at radius 2 is 1.91 bits per heavy atom. The van der Waals surface area contributed by atoms with E-state index in [1.54, 1.807) is 0 Å². The number of likely N-dealkylation sites (tertiary alicyclic amines) is 1. The summed E-state index contributed by atoms with van der Waals surface area (Å²) in [5.41, 5.74) is -0.0478. The van der Waals surface area contributed by atoms with Gasteiger partial charge in [-0.05, 0) is 58.2 Å². The molecule has 0 unspecified atom stereocenters. The van der Waals surface area contributed by atoms with E-state index in [2.05, 4.69) is 15.5 Å². The maximum atomic E-state index is 12.7. The maximum Gasteiger partial charge on any atom is 0.237 e. The average Bonchev–Trinajstić information content (AvgIpc) is 3.23. The van der Waals surface area contributed by atoms with Gasteiger partial charge < -0.3 is 15.7 Å². The topological polar surface area (TPSA) is 64.6 Å². The highest BCUT2D eigenvalue weighted by Crippen LogP contribution is 2.37. The number of nitrogens with one attached hydrogen (secondary N) is 2. The van der Waals surface area contributed by atoms with E-state index < -0.39 is 0 Å². The van der Waals surface area contributed by atoms with Gasteiger partial charge in [-0.25, -0.2) is 0 Å². The van der Waals surface area contributed by atoms with Crippen LogP contribution in [0, 0.1) is 5.41 Å². The van der Waals surface area contributed by atoms with Gasteiger partial charge in [0, 0.05) is 18.0 Å². The molecule has 0 radical (unpaired) electrons. The second-order valence-electron chi connectivity index (χ2n) is 7.46. The molecule has 2 saturated heterocycles. The zero-order valence-corrected chi connectivity index (χ0v) is 13.6. The van der Waals surface area contributed by atoms with Gasteiger partial charge in [-0.3, -0.25) is 9.69 Å². The zero-order valence-electron chi connectivity index (χ0n) is 13.6. The third-order valence-electron chi connectivity index (χ3n) is 6.01. The van der Waals surface area contributed by atoms with Crippen LogP contribution in [0.4, 0.5) is 0 Å². The van der Waals surface area contributed by atoms with Crippen molar-refractivity contribution in [3.8, 4) is 0 Å². The molecule has 3 N–H and O–H groups in total. The molecule has 1 aliphatic carbocycles. The first-order valence-corrected chi connectivity index (χ1v) is 9.09. The molecule has 126 valence electrons. The second-order valence-corrected chi connectivity index (χ2v) is 7.46. The molecule has 0 aromatic rings. The number of piperidine rings is 1. The van der Waals surface area contributed by atoms with Gasteiger partial charge >= 0.3 is 0 Å². The highest BCUT2D eigenvalue weighted by molar-refractivity contribution is 5.82. The number of amides is 1. The number of aliphatic hydroxyl groups excluding tert-OH is 1. The molecule has 3 aliphatic rings. The molecule has 5 heteroatoms. The van der Waals surface area contributed by atoms with E-state index in [-0.39, 0.29) is 24.0 Å². The molecule has 2 heterocycles. The average molecular weight is 309 g/mol. The minimum absolute atomic E-state index is 0.0478. The second kappa shape index (κ2) is 7.28. The van der Waals surface area contributed by atoms with Crippen LogP contribution in [0.15, 0.2) is 0 Å². The van der Waals surface area contributed by atoms with Crippen LogP contribution < -0.4 is 10.6 Å². The molecule has 0 bridgehead atoms. The molecule has 0 spiro atoms. The minimum Gasteiger partial charge on any atom is -0.396 e. The minimum atomic E-state index is -0.0478. The SMILES string of the molecule is O=C(NCC1(CO)CCCC1)[C@@H]1CCCN1C1CCNCC1. The highest BCUT2D eigenvalue weighted by Gasteiger charge is 2.38. The summed E-state index contributed by atoms with van der Waals surface area (Å²) in [6, 6.07) is 0.623. The number of carbonyl (C=O) groups is 1. The van der Waals surface area contributed by atoms with E-state index in [1.807, 2.05) is 0 Å². The molecule has 3 rings (SSSR count). The molecule has 2 aliphatic heterocycles. The van der Waals surface area contributed by atoms with E-state index in [4.69, 9.17) is 0 Å². The Labute approximate surface area is 133 Å². The fourth-order valence-corrected chi connectivity index (χ4v) is 4.55. The Bertz CT molecular complexity index is 376. The Balaban J connectivity index is 1.54. The fraction of sp³-hybridized carbons (Fsp3) is 0.941. The van der Waals surface area contributed by atoms with Gasteiger partial charge in [-0.2, -0.15) is 0 Å². The first-order valence-electron chi connectivity index (χ1n) is 9.09. The third kappa shape index (κ3) is 3.47.